The van der Waals surface area contributed by atoms with E-state index in [2.05, 4.69) is 0 Å². The Kier molecular flexibility index (Phi) is 6.61. The minimum atomic E-state index is -3.90. The molecule has 3 rings (SSSR count). The summed E-state index contributed by atoms with van der Waals surface area (Å²) >= 11 is 6.68. The molecular formula is C19H17ClN2O6S2. The molecule has 0 aliphatic rings. The number of hydrogen-bond acceptors (Lipinski definition) is 7. The Labute approximate surface area is 181 Å². The third-order valence-electron chi connectivity index (χ3n) is 4.03. The zero-order valence-electron chi connectivity index (χ0n) is 15.7. The Morgan fingerprint density at radius 1 is 1.20 bits per heavy atom. The second kappa shape index (κ2) is 9.00. The SMILES string of the molecule is CN(Cc1ccc(-c2ccc(Cl)cc2)o1)C(=O)COC(=O)c1csc(S(N)(=O)=O)c1. The van der Waals surface area contributed by atoms with Crippen LogP contribution in [0.1, 0.15) is 16.1 Å². The van der Waals surface area contributed by atoms with Crippen LogP contribution in [0.25, 0.3) is 11.3 Å². The van der Waals surface area contributed by atoms with Gasteiger partial charge in [-0.3, -0.25) is 4.79 Å². The number of furan rings is 1. The number of benzene rings is 1. The van der Waals surface area contributed by atoms with Crippen LogP contribution in [0.4, 0.5) is 0 Å². The van der Waals surface area contributed by atoms with Crippen LogP contribution in [-0.4, -0.2) is 38.8 Å². The van der Waals surface area contributed by atoms with Crippen molar-refractivity contribution in [2.75, 3.05) is 13.7 Å². The normalized spacial score (nSPS) is 11.3. The highest BCUT2D eigenvalue weighted by molar-refractivity contribution is 7.91. The van der Waals surface area contributed by atoms with Gasteiger partial charge < -0.3 is 14.1 Å². The Balaban J connectivity index is 1.54. The zero-order valence-corrected chi connectivity index (χ0v) is 18.1. The van der Waals surface area contributed by atoms with Gasteiger partial charge in [0.25, 0.3) is 5.91 Å². The molecule has 0 unspecified atom stereocenters. The Hall–Kier alpha value is -2.66. The van der Waals surface area contributed by atoms with Crippen molar-refractivity contribution in [3.63, 3.8) is 0 Å². The monoisotopic (exact) mass is 468 g/mol. The first-order valence-corrected chi connectivity index (χ1v) is 11.3. The summed E-state index contributed by atoms with van der Waals surface area (Å²) in [6, 6.07) is 11.8. The summed E-state index contributed by atoms with van der Waals surface area (Å²) in [4.78, 5) is 25.6. The summed E-state index contributed by atoms with van der Waals surface area (Å²) in [6.45, 7) is -0.321. The number of amides is 1. The average molecular weight is 469 g/mol. The van der Waals surface area contributed by atoms with E-state index in [1.165, 1.54) is 10.3 Å². The first kappa shape index (κ1) is 22.0. The number of likely N-dealkylation sites (N-methyl/N-ethyl adjacent to an activating group) is 1. The summed E-state index contributed by atoms with van der Waals surface area (Å²) in [7, 11) is -2.35. The molecule has 0 fully saturated rings. The molecule has 30 heavy (non-hydrogen) atoms. The highest BCUT2D eigenvalue weighted by Crippen LogP contribution is 2.24. The molecule has 2 aromatic heterocycles. The third-order valence-corrected chi connectivity index (χ3v) is 6.67. The maximum absolute atomic E-state index is 12.2. The van der Waals surface area contributed by atoms with Gasteiger partial charge in [-0.25, -0.2) is 18.4 Å². The van der Waals surface area contributed by atoms with E-state index in [9.17, 15) is 18.0 Å². The minimum absolute atomic E-state index is 0.0121. The molecule has 11 heteroatoms. The average Bonchev–Trinajstić information content (AvgIpc) is 3.36. The Morgan fingerprint density at radius 3 is 2.53 bits per heavy atom. The number of hydrogen-bond donors (Lipinski definition) is 1. The van der Waals surface area contributed by atoms with Gasteiger partial charge in [-0.1, -0.05) is 11.6 Å². The molecule has 8 nitrogen and oxygen atoms in total. The van der Waals surface area contributed by atoms with Gasteiger partial charge in [0, 0.05) is 23.0 Å². The number of sulfonamides is 1. The Bertz CT molecular complexity index is 1170. The predicted molar refractivity (Wildman–Crippen MR) is 112 cm³/mol. The number of primary sulfonamides is 1. The molecule has 2 N–H and O–H groups in total. The molecule has 0 saturated heterocycles. The van der Waals surface area contributed by atoms with Gasteiger partial charge in [0.15, 0.2) is 6.61 Å². The lowest BCUT2D eigenvalue weighted by atomic mass is 10.2. The minimum Gasteiger partial charge on any atom is -0.459 e. The van der Waals surface area contributed by atoms with Crippen LogP contribution in [-0.2, 0) is 26.1 Å². The quantitative estimate of drug-likeness (QED) is 0.532. The molecule has 2 heterocycles. The van der Waals surface area contributed by atoms with E-state index < -0.39 is 28.5 Å². The standard InChI is InChI=1S/C19H17ClN2O6S2/c1-22(9-15-6-7-16(28-15)12-2-4-14(20)5-3-12)17(23)10-27-19(24)13-8-18(29-11-13)30(21,25)26/h2-8,11H,9-10H2,1H3,(H2,21,25,26). The van der Waals surface area contributed by atoms with E-state index in [0.717, 1.165) is 23.0 Å². The van der Waals surface area contributed by atoms with Gasteiger partial charge >= 0.3 is 5.97 Å². The van der Waals surface area contributed by atoms with Crippen LogP contribution in [0.5, 0.6) is 0 Å². The molecule has 0 atom stereocenters. The summed E-state index contributed by atoms with van der Waals surface area (Å²) in [5.41, 5.74) is 0.862. The number of carbonyl (C=O) groups is 2. The summed E-state index contributed by atoms with van der Waals surface area (Å²) < 4.78 is 33.1. The fourth-order valence-electron chi connectivity index (χ4n) is 2.45. The van der Waals surface area contributed by atoms with Gasteiger partial charge in [-0.15, -0.1) is 11.3 Å². The van der Waals surface area contributed by atoms with E-state index in [1.807, 2.05) is 12.1 Å². The van der Waals surface area contributed by atoms with Gasteiger partial charge in [0.2, 0.25) is 10.0 Å². The van der Waals surface area contributed by atoms with Crippen molar-refractivity contribution in [2.24, 2.45) is 5.14 Å². The third kappa shape index (κ3) is 5.48. The van der Waals surface area contributed by atoms with Crippen LogP contribution in [0.2, 0.25) is 5.02 Å². The lowest BCUT2D eigenvalue weighted by Gasteiger charge is -2.15. The van der Waals surface area contributed by atoms with Gasteiger partial charge in [0.1, 0.15) is 15.7 Å². The highest BCUT2D eigenvalue weighted by atomic mass is 35.5. The number of nitrogens with two attached hydrogens (primary N) is 1. The van der Waals surface area contributed by atoms with Crippen LogP contribution in [0, 0.1) is 0 Å². The van der Waals surface area contributed by atoms with Gasteiger partial charge in [-0.05, 0) is 42.5 Å². The summed E-state index contributed by atoms with van der Waals surface area (Å²) in [5.74, 6) is -0.0737. The van der Waals surface area contributed by atoms with E-state index >= 15 is 0 Å². The zero-order chi connectivity index (χ0) is 21.9. The van der Waals surface area contributed by atoms with Crippen LogP contribution in [0.3, 0.4) is 0 Å². The van der Waals surface area contributed by atoms with E-state index in [-0.39, 0.29) is 16.3 Å². The molecule has 0 spiro atoms. The second-order valence-corrected chi connectivity index (χ2v) is 9.43. The highest BCUT2D eigenvalue weighted by Gasteiger charge is 2.19. The fourth-order valence-corrected chi connectivity index (χ4v) is 4.15. The van der Waals surface area contributed by atoms with E-state index in [0.29, 0.717) is 16.5 Å². The molecule has 158 valence electrons. The van der Waals surface area contributed by atoms with Crippen molar-refractivity contribution in [1.82, 2.24) is 4.90 Å². The number of esters is 1. The number of carbonyl (C=O) groups excluding carboxylic acids is 2. The first-order valence-electron chi connectivity index (χ1n) is 8.50. The largest absolute Gasteiger partial charge is 0.459 e. The predicted octanol–water partition coefficient (Wildman–Crippen LogP) is 3.12. The molecule has 0 bridgehead atoms. The van der Waals surface area contributed by atoms with Crippen molar-refractivity contribution in [1.29, 1.82) is 0 Å². The maximum Gasteiger partial charge on any atom is 0.339 e. The van der Waals surface area contributed by atoms with Crippen molar-refractivity contribution >= 4 is 44.8 Å². The van der Waals surface area contributed by atoms with Crippen molar-refractivity contribution < 1.29 is 27.2 Å². The molecule has 0 saturated carbocycles. The lowest BCUT2D eigenvalue weighted by Crippen LogP contribution is -2.30. The first-order chi connectivity index (χ1) is 14.1. The van der Waals surface area contributed by atoms with Crippen molar-refractivity contribution in [2.45, 2.75) is 10.8 Å². The summed E-state index contributed by atoms with van der Waals surface area (Å²) in [6.07, 6.45) is 0. The molecule has 0 aliphatic heterocycles. The molecule has 0 radical (unpaired) electrons. The maximum atomic E-state index is 12.2. The van der Waals surface area contributed by atoms with Crippen LogP contribution >= 0.6 is 22.9 Å². The van der Waals surface area contributed by atoms with Crippen LogP contribution < -0.4 is 5.14 Å². The number of halogens is 1. The molecule has 0 aliphatic carbocycles. The number of ether oxygens (including phenoxy) is 1. The Morgan fingerprint density at radius 2 is 1.90 bits per heavy atom. The van der Waals surface area contributed by atoms with Gasteiger partial charge in [0.05, 0.1) is 12.1 Å². The van der Waals surface area contributed by atoms with E-state index in [1.54, 1.807) is 31.3 Å². The molecule has 1 amide bonds. The number of rotatable bonds is 7. The fraction of sp³-hybridized carbons (Fsp3) is 0.158. The molecule has 3 aromatic rings. The van der Waals surface area contributed by atoms with Crippen molar-refractivity contribution in [3.05, 3.63) is 64.2 Å². The number of nitrogens with zero attached hydrogens (tertiary/aromatic N) is 1. The molecular weight excluding hydrogens is 452 g/mol. The van der Waals surface area contributed by atoms with Crippen molar-refractivity contribution in [3.8, 4) is 11.3 Å². The van der Waals surface area contributed by atoms with Gasteiger partial charge in [-0.2, -0.15) is 0 Å². The molecule has 1 aromatic carbocycles. The smallest absolute Gasteiger partial charge is 0.339 e. The topological polar surface area (TPSA) is 120 Å². The lowest BCUT2D eigenvalue weighted by molar-refractivity contribution is -0.133. The number of thiophene rings is 1. The summed E-state index contributed by atoms with van der Waals surface area (Å²) in [5, 5.41) is 6.93. The van der Waals surface area contributed by atoms with E-state index in [4.69, 9.17) is 25.9 Å². The van der Waals surface area contributed by atoms with Crippen LogP contribution in [0.15, 0.2) is 56.5 Å². The second-order valence-electron chi connectivity index (χ2n) is 6.30.